The van der Waals surface area contributed by atoms with Crippen molar-refractivity contribution < 1.29 is 24.1 Å². The van der Waals surface area contributed by atoms with Crippen LogP contribution in [-0.2, 0) is 16.1 Å². The van der Waals surface area contributed by atoms with Crippen LogP contribution in [0.2, 0.25) is 0 Å². The largest absolute Gasteiger partial charge is 0.493 e. The fraction of sp³-hybridized carbons (Fsp3) is 0.450. The van der Waals surface area contributed by atoms with Gasteiger partial charge in [0.15, 0.2) is 0 Å². The SMILES string of the molecule is C=COc1ccc(CO)c(OCCCOC(=O)C(=C)C)c1.CC.CC. The van der Waals surface area contributed by atoms with Crippen LogP contribution in [0, 0.1) is 0 Å². The van der Waals surface area contributed by atoms with Gasteiger partial charge in [0, 0.05) is 23.6 Å². The maximum absolute atomic E-state index is 11.2. The standard InChI is InChI=1S/C16H20O5.2C2H6/c1-4-19-14-7-6-13(11-17)15(10-14)20-8-5-9-21-16(18)12(2)3;2*1-2/h4,6-7,10,17H,1-2,5,8-9,11H2,3H3;2*1-2H3. The Bertz CT molecular complexity index is 509. The summed E-state index contributed by atoms with van der Waals surface area (Å²) >= 11 is 0. The van der Waals surface area contributed by atoms with Crippen LogP contribution in [0.25, 0.3) is 0 Å². The molecule has 5 nitrogen and oxygen atoms in total. The quantitative estimate of drug-likeness (QED) is 0.303. The summed E-state index contributed by atoms with van der Waals surface area (Å²) < 4.78 is 15.7. The van der Waals surface area contributed by atoms with E-state index in [-0.39, 0.29) is 13.2 Å². The van der Waals surface area contributed by atoms with Crippen molar-refractivity contribution in [3.63, 3.8) is 0 Å². The van der Waals surface area contributed by atoms with Gasteiger partial charge in [0.05, 0.1) is 26.1 Å². The van der Waals surface area contributed by atoms with E-state index < -0.39 is 5.97 Å². The molecule has 0 aliphatic carbocycles. The molecule has 142 valence electrons. The maximum Gasteiger partial charge on any atom is 0.333 e. The first-order chi connectivity index (χ1) is 12.1. The lowest BCUT2D eigenvalue weighted by molar-refractivity contribution is -0.139. The number of benzene rings is 1. The summed E-state index contributed by atoms with van der Waals surface area (Å²) in [7, 11) is 0. The Kier molecular flexibility index (Phi) is 16.6. The van der Waals surface area contributed by atoms with E-state index in [1.165, 1.54) is 6.26 Å². The van der Waals surface area contributed by atoms with Gasteiger partial charge in [-0.15, -0.1) is 0 Å². The molecule has 0 aliphatic rings. The molecule has 0 bridgehead atoms. The van der Waals surface area contributed by atoms with E-state index in [0.717, 1.165) is 0 Å². The van der Waals surface area contributed by atoms with E-state index in [0.29, 0.717) is 35.7 Å². The minimum absolute atomic E-state index is 0.131. The number of rotatable bonds is 9. The highest BCUT2D eigenvalue weighted by Gasteiger charge is 2.06. The first kappa shape index (κ1) is 25.0. The van der Waals surface area contributed by atoms with Crippen molar-refractivity contribution in [2.75, 3.05) is 13.2 Å². The Morgan fingerprint density at radius 2 is 1.84 bits per heavy atom. The fourth-order valence-corrected chi connectivity index (χ4v) is 1.50. The van der Waals surface area contributed by atoms with Crippen molar-refractivity contribution in [1.82, 2.24) is 0 Å². The van der Waals surface area contributed by atoms with E-state index in [2.05, 4.69) is 13.2 Å². The van der Waals surface area contributed by atoms with Gasteiger partial charge < -0.3 is 19.3 Å². The number of carbonyl (C=O) groups excluding carboxylic acids is 1. The summed E-state index contributed by atoms with van der Waals surface area (Å²) in [6, 6.07) is 5.11. The Morgan fingerprint density at radius 3 is 2.36 bits per heavy atom. The van der Waals surface area contributed by atoms with Crippen LogP contribution in [0.5, 0.6) is 11.5 Å². The van der Waals surface area contributed by atoms with Crippen molar-refractivity contribution in [3.8, 4) is 11.5 Å². The number of hydrogen-bond donors (Lipinski definition) is 1. The molecular weight excluding hydrogens is 320 g/mol. The number of hydrogen-bond acceptors (Lipinski definition) is 5. The highest BCUT2D eigenvalue weighted by molar-refractivity contribution is 5.86. The first-order valence-corrected chi connectivity index (χ1v) is 8.55. The van der Waals surface area contributed by atoms with E-state index in [4.69, 9.17) is 14.2 Å². The third-order valence-electron chi connectivity index (χ3n) is 2.56. The molecule has 0 heterocycles. The van der Waals surface area contributed by atoms with Gasteiger partial charge in [-0.05, 0) is 19.1 Å². The van der Waals surface area contributed by atoms with E-state index >= 15 is 0 Å². The molecule has 1 aromatic rings. The third kappa shape index (κ3) is 11.0. The van der Waals surface area contributed by atoms with Gasteiger partial charge in [-0.25, -0.2) is 4.79 Å². The van der Waals surface area contributed by atoms with E-state index in [1.807, 2.05) is 27.7 Å². The fourth-order valence-electron chi connectivity index (χ4n) is 1.50. The summed E-state index contributed by atoms with van der Waals surface area (Å²) in [4.78, 5) is 11.2. The molecule has 1 aromatic carbocycles. The van der Waals surface area contributed by atoms with Crippen molar-refractivity contribution in [2.24, 2.45) is 0 Å². The van der Waals surface area contributed by atoms with Crippen LogP contribution in [0.4, 0.5) is 0 Å². The molecule has 0 radical (unpaired) electrons. The smallest absolute Gasteiger partial charge is 0.333 e. The number of aliphatic hydroxyl groups is 1. The minimum Gasteiger partial charge on any atom is -0.493 e. The van der Waals surface area contributed by atoms with Gasteiger partial charge in [-0.2, -0.15) is 0 Å². The molecule has 0 amide bonds. The van der Waals surface area contributed by atoms with Crippen LogP contribution in [0.15, 0.2) is 43.2 Å². The first-order valence-electron chi connectivity index (χ1n) is 8.55. The molecule has 0 aromatic heterocycles. The zero-order chi connectivity index (χ0) is 19.7. The molecule has 0 fully saturated rings. The monoisotopic (exact) mass is 352 g/mol. The zero-order valence-electron chi connectivity index (χ0n) is 16.1. The highest BCUT2D eigenvalue weighted by atomic mass is 16.5. The van der Waals surface area contributed by atoms with Crippen molar-refractivity contribution in [2.45, 2.75) is 47.6 Å². The molecule has 1 N–H and O–H groups in total. The van der Waals surface area contributed by atoms with Crippen LogP contribution in [0.3, 0.4) is 0 Å². The van der Waals surface area contributed by atoms with Gasteiger partial charge >= 0.3 is 5.97 Å². The molecule has 1 rings (SSSR count). The molecule has 0 unspecified atom stereocenters. The normalized spacial score (nSPS) is 8.72. The van der Waals surface area contributed by atoms with Gasteiger partial charge in [0.25, 0.3) is 0 Å². The zero-order valence-corrected chi connectivity index (χ0v) is 16.1. The maximum atomic E-state index is 11.2. The number of carbonyl (C=O) groups is 1. The van der Waals surface area contributed by atoms with Crippen LogP contribution in [0.1, 0.15) is 46.6 Å². The Labute approximate surface area is 151 Å². The van der Waals surface area contributed by atoms with Crippen molar-refractivity contribution in [1.29, 1.82) is 0 Å². The van der Waals surface area contributed by atoms with Gasteiger partial charge in [0.1, 0.15) is 11.5 Å². The topological polar surface area (TPSA) is 65.0 Å². The lowest BCUT2D eigenvalue weighted by atomic mass is 10.2. The second kappa shape index (κ2) is 16.6. The van der Waals surface area contributed by atoms with Crippen molar-refractivity contribution in [3.05, 3.63) is 48.8 Å². The third-order valence-corrected chi connectivity index (χ3v) is 2.56. The predicted octanol–water partition coefficient (Wildman–Crippen LogP) is 4.64. The van der Waals surface area contributed by atoms with E-state index in [9.17, 15) is 9.90 Å². The number of ether oxygens (including phenoxy) is 3. The molecule has 0 saturated carbocycles. The Morgan fingerprint density at radius 1 is 1.20 bits per heavy atom. The molecule has 0 aliphatic heterocycles. The summed E-state index contributed by atoms with van der Waals surface area (Å²) in [6.07, 6.45) is 1.85. The lowest BCUT2D eigenvalue weighted by Gasteiger charge is -2.12. The molecule has 0 spiro atoms. The Hall–Kier alpha value is -2.27. The molecule has 0 saturated heterocycles. The van der Waals surface area contributed by atoms with Crippen LogP contribution >= 0.6 is 0 Å². The lowest BCUT2D eigenvalue weighted by Crippen LogP contribution is -2.09. The minimum atomic E-state index is -0.410. The summed E-state index contributed by atoms with van der Waals surface area (Å²) in [5.74, 6) is 0.696. The second-order valence-corrected chi connectivity index (χ2v) is 4.33. The van der Waals surface area contributed by atoms with Crippen molar-refractivity contribution >= 4 is 5.97 Å². The van der Waals surface area contributed by atoms with Crippen LogP contribution in [-0.4, -0.2) is 24.3 Å². The second-order valence-electron chi connectivity index (χ2n) is 4.33. The molecule has 5 heteroatoms. The van der Waals surface area contributed by atoms with Gasteiger partial charge in [0.2, 0.25) is 0 Å². The van der Waals surface area contributed by atoms with Crippen LogP contribution < -0.4 is 9.47 Å². The van der Waals surface area contributed by atoms with E-state index in [1.54, 1.807) is 25.1 Å². The number of esters is 1. The van der Waals surface area contributed by atoms with Gasteiger partial charge in [-0.1, -0.05) is 40.9 Å². The highest BCUT2D eigenvalue weighted by Crippen LogP contribution is 2.25. The molecule has 0 atom stereocenters. The average molecular weight is 352 g/mol. The summed E-state index contributed by atoms with van der Waals surface area (Å²) in [5, 5.41) is 9.26. The summed E-state index contributed by atoms with van der Waals surface area (Å²) in [6.45, 7) is 17.0. The predicted molar refractivity (Wildman–Crippen MR) is 102 cm³/mol. The average Bonchev–Trinajstić information content (AvgIpc) is 2.65. The molecular formula is C20H32O5. The summed E-state index contributed by atoms with van der Waals surface area (Å²) in [5.41, 5.74) is 1.03. The number of aliphatic hydroxyl groups excluding tert-OH is 1. The van der Waals surface area contributed by atoms with Gasteiger partial charge in [-0.3, -0.25) is 0 Å². The Balaban J connectivity index is 0. The molecule has 25 heavy (non-hydrogen) atoms.